The van der Waals surface area contributed by atoms with Crippen LogP contribution in [-0.2, 0) is 50.6 Å². The van der Waals surface area contributed by atoms with E-state index in [1.54, 1.807) is 60.7 Å². The number of carbonyl (C=O) groups excluding carboxylic acids is 9. The number of aromatic hydroxyl groups is 1. The van der Waals surface area contributed by atoms with Crippen molar-refractivity contribution in [2.45, 2.75) is 49.5 Å². The molecule has 89 heavy (non-hydrogen) atoms. The molecule has 3 saturated heterocycles. The van der Waals surface area contributed by atoms with Crippen molar-refractivity contribution in [3.8, 4) is 34.5 Å². The summed E-state index contributed by atoms with van der Waals surface area (Å²) in [4.78, 5) is 121. The van der Waals surface area contributed by atoms with Crippen LogP contribution in [-0.4, -0.2) is 151 Å². The predicted octanol–water partition coefficient (Wildman–Crippen LogP) is 5.75. The summed E-state index contributed by atoms with van der Waals surface area (Å²) in [5, 5.41) is 19.8. The van der Waals surface area contributed by atoms with Crippen molar-refractivity contribution in [2.75, 3.05) is 55.1 Å². The third-order valence-corrected chi connectivity index (χ3v) is 15.9. The van der Waals surface area contributed by atoms with Gasteiger partial charge in [-0.2, -0.15) is 17.6 Å². The van der Waals surface area contributed by atoms with E-state index in [1.807, 2.05) is 6.07 Å². The van der Waals surface area contributed by atoms with E-state index in [0.29, 0.717) is 57.2 Å². The highest BCUT2D eigenvalue weighted by Gasteiger charge is 2.55. The molecule has 0 unspecified atom stereocenters. The summed E-state index contributed by atoms with van der Waals surface area (Å²) in [6.07, 6.45) is 0. The number of amides is 12. The Labute approximate surface area is 503 Å². The first-order chi connectivity index (χ1) is 42.4. The van der Waals surface area contributed by atoms with Gasteiger partial charge in [-0.05, 0) is 106 Å². The number of carbonyl (C=O) groups is 9. The number of rotatable bonds is 16. The number of ether oxygens (including phenoxy) is 5. The number of urea groups is 3. The largest absolute Gasteiger partial charge is 0.508 e. The number of imide groups is 3. The number of benzene rings is 6. The Morgan fingerprint density at radius 2 is 0.764 bits per heavy atom. The standard InChI is InChI=1S/C21H19F2N3O5.C20H17F2N3O5.C20H19N3O5/c1-25-18(28)21(24-20(25)29,13-4-7-14(8-5-13)31-19(22)23)11-26-10-12-3-6-15(30-2)9-16(12)17(26)27;1-29-14-5-2-11-9-25(16(26)15(11)8-14)10-20(17(27)23-19(28)24-20)12-3-6-13(7-4-12)30-18(21)22;1-22-18(26)20(21-19(22)27,13-4-6-14(24)7-5-13)11-23-10-12-3-8-15(28-2)9-16(12)17(23)25/h3-9,19H,10-11H2,1-2H3,(H,24,29);2-8,18H,9-10H2,1H3,(H2,23,24,27,28);3-9,24H,10-11H2,1-2H3,(H,21,27)/t21-;2*20-/m000/s1. The fraction of sp³-hybridized carbons (Fsp3) is 0.262. The van der Waals surface area contributed by atoms with E-state index in [-0.39, 0.29) is 67.7 Å². The number of alkyl halides is 4. The van der Waals surface area contributed by atoms with Gasteiger partial charge >= 0.3 is 31.3 Å². The first-order valence-electron chi connectivity index (χ1n) is 27.1. The Morgan fingerprint density at radius 3 is 1.06 bits per heavy atom. The summed E-state index contributed by atoms with van der Waals surface area (Å²) >= 11 is 0. The van der Waals surface area contributed by atoms with E-state index in [9.17, 15) is 65.8 Å². The molecule has 3 atom stereocenters. The molecular weight excluding hydrogens is 1170 g/mol. The lowest BCUT2D eigenvalue weighted by molar-refractivity contribution is -0.132. The topological polar surface area (TPSA) is 284 Å². The first kappa shape index (κ1) is 61.2. The van der Waals surface area contributed by atoms with Crippen molar-refractivity contribution in [2.24, 2.45) is 0 Å². The molecule has 6 aliphatic rings. The summed E-state index contributed by atoms with van der Waals surface area (Å²) in [5.41, 5.74) is 0.423. The zero-order chi connectivity index (χ0) is 63.9. The van der Waals surface area contributed by atoms with Gasteiger partial charge < -0.3 is 59.4 Å². The molecule has 12 rings (SSSR count). The molecule has 6 aromatic carbocycles. The maximum Gasteiger partial charge on any atom is 0.387 e. The molecule has 3 fully saturated rings. The maximum atomic E-state index is 13.1. The van der Waals surface area contributed by atoms with E-state index < -0.39 is 65.7 Å². The van der Waals surface area contributed by atoms with Gasteiger partial charge in [0.15, 0.2) is 16.6 Å². The molecule has 0 radical (unpaired) electrons. The number of likely N-dealkylation sites (N-methyl/N-ethyl adjacent to an activating group) is 2. The zero-order valence-corrected chi connectivity index (χ0v) is 47.9. The lowest BCUT2D eigenvalue weighted by atomic mass is 9.89. The highest BCUT2D eigenvalue weighted by Crippen LogP contribution is 2.39. The number of methoxy groups -OCH3 is 3. The maximum absolute atomic E-state index is 13.1. The number of nitrogens with one attached hydrogen (secondary N) is 4. The highest BCUT2D eigenvalue weighted by atomic mass is 19.3. The lowest BCUT2D eigenvalue weighted by Gasteiger charge is -2.31. The minimum Gasteiger partial charge on any atom is -0.508 e. The van der Waals surface area contributed by atoms with Crippen LogP contribution >= 0.6 is 0 Å². The summed E-state index contributed by atoms with van der Waals surface area (Å²) in [6.45, 7) is -5.46. The van der Waals surface area contributed by atoms with Gasteiger partial charge in [-0.1, -0.05) is 54.6 Å². The van der Waals surface area contributed by atoms with E-state index in [4.69, 9.17) is 14.2 Å². The molecule has 12 amide bonds. The molecule has 0 bridgehead atoms. The van der Waals surface area contributed by atoms with Gasteiger partial charge in [0.05, 0.1) is 41.0 Å². The van der Waals surface area contributed by atoms with E-state index >= 15 is 0 Å². The van der Waals surface area contributed by atoms with Crippen LogP contribution in [0.4, 0.5) is 31.9 Å². The van der Waals surface area contributed by atoms with E-state index in [2.05, 4.69) is 30.7 Å². The van der Waals surface area contributed by atoms with Crippen molar-refractivity contribution < 1.29 is 89.5 Å². The van der Waals surface area contributed by atoms with Crippen molar-refractivity contribution >= 4 is 53.5 Å². The average Bonchev–Trinajstić information content (AvgIpc) is 1.80. The molecule has 0 aromatic heterocycles. The minimum absolute atomic E-state index is 0.0253. The second-order valence-electron chi connectivity index (χ2n) is 21.1. The average molecular weight is 1230 g/mol. The number of hydrogen-bond donors (Lipinski definition) is 5. The summed E-state index contributed by atoms with van der Waals surface area (Å²) in [6, 6.07) is 30.5. The fourth-order valence-corrected chi connectivity index (χ4v) is 11.3. The lowest BCUT2D eigenvalue weighted by Crippen LogP contribution is -2.52. The monoisotopic (exact) mass is 1230 g/mol. The Balaban J connectivity index is 0.000000147. The van der Waals surface area contributed by atoms with E-state index in [1.165, 1.54) is 111 Å². The van der Waals surface area contributed by atoms with Crippen LogP contribution in [0.3, 0.4) is 0 Å². The van der Waals surface area contributed by atoms with Gasteiger partial charge in [-0.3, -0.25) is 43.9 Å². The summed E-state index contributed by atoms with van der Waals surface area (Å²) in [7, 11) is 7.25. The van der Waals surface area contributed by atoms with Gasteiger partial charge in [0, 0.05) is 50.4 Å². The predicted molar refractivity (Wildman–Crippen MR) is 302 cm³/mol. The van der Waals surface area contributed by atoms with Crippen LogP contribution in [0.25, 0.3) is 0 Å². The molecule has 6 aliphatic heterocycles. The fourth-order valence-electron chi connectivity index (χ4n) is 11.3. The van der Waals surface area contributed by atoms with Crippen LogP contribution in [0.5, 0.6) is 34.5 Å². The molecule has 28 heteroatoms. The third kappa shape index (κ3) is 11.5. The summed E-state index contributed by atoms with van der Waals surface area (Å²) in [5.74, 6) is -0.999. The van der Waals surface area contributed by atoms with Crippen LogP contribution < -0.4 is 45.0 Å². The third-order valence-electron chi connectivity index (χ3n) is 15.9. The number of phenols is 1. The molecule has 0 aliphatic carbocycles. The van der Waals surface area contributed by atoms with Gasteiger partial charge in [-0.15, -0.1) is 0 Å². The van der Waals surface area contributed by atoms with Crippen molar-refractivity contribution in [1.82, 2.24) is 45.8 Å². The molecule has 0 spiro atoms. The van der Waals surface area contributed by atoms with Gasteiger partial charge in [0.1, 0.15) is 34.5 Å². The van der Waals surface area contributed by atoms with Crippen LogP contribution in [0, 0.1) is 0 Å². The number of hydrogen-bond acceptors (Lipinski definition) is 15. The number of phenolic OH excluding ortho intramolecular Hbond substituents is 1. The Kier molecular flexibility index (Phi) is 16.6. The zero-order valence-electron chi connectivity index (χ0n) is 47.9. The molecule has 5 N–H and O–H groups in total. The number of halogens is 4. The molecule has 462 valence electrons. The van der Waals surface area contributed by atoms with Crippen molar-refractivity contribution in [3.63, 3.8) is 0 Å². The normalized spacial score (nSPS) is 20.6. The van der Waals surface area contributed by atoms with Crippen LogP contribution in [0.2, 0.25) is 0 Å². The molecule has 6 heterocycles. The minimum atomic E-state index is -2.99. The number of fused-ring (bicyclic) bond motifs is 3. The molecular formula is C61H55F4N9O15. The highest BCUT2D eigenvalue weighted by molar-refractivity contribution is 6.10. The molecule has 6 aromatic rings. The van der Waals surface area contributed by atoms with Gasteiger partial charge in [0.2, 0.25) is 0 Å². The Bertz CT molecular complexity index is 3860. The second kappa shape index (κ2) is 24.1. The SMILES string of the molecule is COc1ccc2c(c1)C(=O)N(C[C@@]1(c3ccc(O)cc3)NC(=O)N(C)C1=O)C2.COc1ccc2c(c1)C(=O)N(C[C@@]1(c3ccc(OC(F)F)cc3)NC(=O)N(C)C1=O)C2.COc1ccc2c(c1)C(=O)N(C[C@@]1(c3ccc(OC(F)F)cc3)NC(=O)NC1=O)C2. The van der Waals surface area contributed by atoms with E-state index in [0.717, 1.165) is 26.5 Å². The van der Waals surface area contributed by atoms with Gasteiger partial charge in [-0.25, -0.2) is 14.4 Å². The van der Waals surface area contributed by atoms with Crippen molar-refractivity contribution in [3.05, 3.63) is 177 Å². The number of nitrogens with zero attached hydrogens (tertiary/aromatic N) is 5. The Morgan fingerprint density at radius 1 is 0.449 bits per heavy atom. The van der Waals surface area contributed by atoms with Crippen molar-refractivity contribution in [1.29, 1.82) is 0 Å². The van der Waals surface area contributed by atoms with Crippen LogP contribution in [0.15, 0.2) is 127 Å². The smallest absolute Gasteiger partial charge is 0.387 e. The summed E-state index contributed by atoms with van der Waals surface area (Å²) < 4.78 is 74.0. The first-order valence-corrected chi connectivity index (χ1v) is 27.1. The quantitative estimate of drug-likeness (QED) is 0.0570. The van der Waals surface area contributed by atoms with Crippen LogP contribution in [0.1, 0.15) is 64.5 Å². The molecule has 0 saturated carbocycles. The van der Waals surface area contributed by atoms with Gasteiger partial charge in [0.25, 0.3) is 35.4 Å². The molecule has 24 nitrogen and oxygen atoms in total. The Hall–Kier alpha value is -10.9. The second-order valence-corrected chi connectivity index (χ2v) is 21.1.